The molecule has 2 aromatic rings. The topological polar surface area (TPSA) is 55.1 Å². The van der Waals surface area contributed by atoms with Gasteiger partial charge in [-0.25, -0.2) is 0 Å². The molecule has 0 saturated heterocycles. The van der Waals surface area contributed by atoms with Gasteiger partial charge in [0.05, 0.1) is 15.6 Å². The van der Waals surface area contributed by atoms with Crippen LogP contribution >= 0.6 is 22.9 Å². The van der Waals surface area contributed by atoms with E-state index in [4.69, 9.17) is 17.3 Å². The number of nitrogens with two attached hydrogens (primary N) is 1. The van der Waals surface area contributed by atoms with Crippen LogP contribution in [0.3, 0.4) is 0 Å². The fourth-order valence-corrected chi connectivity index (χ4v) is 2.75. The molecular formula is C13H13ClN2OS. The fraction of sp³-hybridized carbons (Fsp3) is 0.154. The zero-order chi connectivity index (χ0) is 13.1. The number of rotatable bonds is 3. The lowest BCUT2D eigenvalue weighted by atomic mass is 10.2. The third-order valence-electron chi connectivity index (χ3n) is 2.58. The maximum Gasteiger partial charge on any atom is 0.266 e. The maximum absolute atomic E-state index is 12.1. The molecule has 1 aromatic heterocycles. The van der Waals surface area contributed by atoms with Gasteiger partial charge in [0.15, 0.2) is 0 Å². The average molecular weight is 281 g/mol. The molecular weight excluding hydrogens is 268 g/mol. The summed E-state index contributed by atoms with van der Waals surface area (Å²) < 4.78 is 0. The van der Waals surface area contributed by atoms with E-state index in [1.165, 1.54) is 11.3 Å². The first-order valence-corrected chi connectivity index (χ1v) is 6.80. The van der Waals surface area contributed by atoms with Crippen molar-refractivity contribution >= 4 is 40.2 Å². The molecule has 0 aliphatic rings. The van der Waals surface area contributed by atoms with Crippen LogP contribution in [0.15, 0.2) is 29.6 Å². The van der Waals surface area contributed by atoms with Crippen molar-refractivity contribution in [2.45, 2.75) is 13.3 Å². The summed E-state index contributed by atoms with van der Waals surface area (Å²) in [5, 5.41) is 5.16. The molecule has 0 aliphatic carbocycles. The molecule has 0 aliphatic heterocycles. The smallest absolute Gasteiger partial charge is 0.266 e. The minimum Gasteiger partial charge on any atom is -0.399 e. The van der Waals surface area contributed by atoms with Gasteiger partial charge in [0.25, 0.3) is 5.91 Å². The van der Waals surface area contributed by atoms with E-state index in [1.807, 2.05) is 18.4 Å². The van der Waals surface area contributed by atoms with Gasteiger partial charge in [-0.3, -0.25) is 4.79 Å². The summed E-state index contributed by atoms with van der Waals surface area (Å²) in [6, 6.07) is 6.99. The Hall–Kier alpha value is -1.52. The summed E-state index contributed by atoms with van der Waals surface area (Å²) in [5.41, 5.74) is 7.80. The molecule has 1 amide bonds. The van der Waals surface area contributed by atoms with Crippen LogP contribution < -0.4 is 11.1 Å². The van der Waals surface area contributed by atoms with Crippen molar-refractivity contribution < 1.29 is 4.79 Å². The molecule has 3 nitrogen and oxygen atoms in total. The first-order valence-electron chi connectivity index (χ1n) is 5.54. The monoisotopic (exact) mass is 280 g/mol. The predicted molar refractivity (Wildman–Crippen MR) is 77.5 cm³/mol. The zero-order valence-corrected chi connectivity index (χ0v) is 11.4. The second-order valence-electron chi connectivity index (χ2n) is 3.82. The third kappa shape index (κ3) is 2.66. The summed E-state index contributed by atoms with van der Waals surface area (Å²) in [5.74, 6) is -0.131. The van der Waals surface area contributed by atoms with Crippen LogP contribution in [-0.4, -0.2) is 5.91 Å². The van der Waals surface area contributed by atoms with Crippen LogP contribution in [0, 0.1) is 0 Å². The van der Waals surface area contributed by atoms with E-state index in [0.29, 0.717) is 16.4 Å². The number of nitrogens with one attached hydrogen (secondary N) is 1. The summed E-state index contributed by atoms with van der Waals surface area (Å²) in [6.07, 6.45) is 0.835. The first-order chi connectivity index (χ1) is 8.61. The molecule has 1 heterocycles. The van der Waals surface area contributed by atoms with Gasteiger partial charge in [-0.15, -0.1) is 11.3 Å². The van der Waals surface area contributed by atoms with E-state index in [9.17, 15) is 4.79 Å². The minimum absolute atomic E-state index is 0.131. The van der Waals surface area contributed by atoms with E-state index in [0.717, 1.165) is 16.9 Å². The number of nitrogen functional groups attached to an aromatic ring is 1. The minimum atomic E-state index is -0.131. The molecule has 0 fully saturated rings. The van der Waals surface area contributed by atoms with Crippen molar-refractivity contribution in [2.24, 2.45) is 0 Å². The van der Waals surface area contributed by atoms with Crippen LogP contribution in [0.1, 0.15) is 22.2 Å². The number of hydrogen-bond donors (Lipinski definition) is 2. The Kier molecular flexibility index (Phi) is 3.89. The van der Waals surface area contributed by atoms with E-state index in [-0.39, 0.29) is 5.91 Å². The standard InChI is InChI=1S/C13H13ClN2OS/c1-2-8-5-6-18-12(8)13(17)16-11-4-3-9(15)7-10(11)14/h3-7H,2,15H2,1H3,(H,16,17). The van der Waals surface area contributed by atoms with Crippen LogP contribution in [0.25, 0.3) is 0 Å². The number of thiophene rings is 1. The normalized spacial score (nSPS) is 10.3. The van der Waals surface area contributed by atoms with E-state index in [1.54, 1.807) is 18.2 Å². The molecule has 1 aromatic carbocycles. The maximum atomic E-state index is 12.1. The number of carbonyl (C=O) groups is 1. The van der Waals surface area contributed by atoms with Gasteiger partial charge in [-0.2, -0.15) is 0 Å². The summed E-state index contributed by atoms with van der Waals surface area (Å²) >= 11 is 7.45. The van der Waals surface area contributed by atoms with Crippen molar-refractivity contribution in [1.29, 1.82) is 0 Å². The Morgan fingerprint density at radius 3 is 2.89 bits per heavy atom. The second-order valence-corrected chi connectivity index (χ2v) is 5.15. The first kappa shape index (κ1) is 12.9. The molecule has 2 rings (SSSR count). The lowest BCUT2D eigenvalue weighted by Gasteiger charge is -2.07. The molecule has 0 spiro atoms. The van der Waals surface area contributed by atoms with Crippen molar-refractivity contribution in [3.63, 3.8) is 0 Å². The fourth-order valence-electron chi connectivity index (χ4n) is 1.63. The Morgan fingerprint density at radius 1 is 1.44 bits per heavy atom. The number of benzene rings is 1. The summed E-state index contributed by atoms with van der Waals surface area (Å²) in [7, 11) is 0. The zero-order valence-electron chi connectivity index (χ0n) is 9.87. The van der Waals surface area contributed by atoms with Crippen LogP contribution in [-0.2, 0) is 6.42 Å². The Labute approximate surface area is 115 Å². The molecule has 0 saturated carbocycles. The highest BCUT2D eigenvalue weighted by molar-refractivity contribution is 7.12. The molecule has 94 valence electrons. The van der Waals surface area contributed by atoms with Gasteiger partial charge in [-0.05, 0) is 41.6 Å². The van der Waals surface area contributed by atoms with Gasteiger partial charge < -0.3 is 11.1 Å². The lowest BCUT2D eigenvalue weighted by molar-refractivity contribution is 0.103. The van der Waals surface area contributed by atoms with Crippen LogP contribution in [0.2, 0.25) is 5.02 Å². The number of amides is 1. The molecule has 5 heteroatoms. The molecule has 3 N–H and O–H groups in total. The SMILES string of the molecule is CCc1ccsc1C(=O)Nc1ccc(N)cc1Cl. The van der Waals surface area contributed by atoms with Gasteiger partial charge in [0.1, 0.15) is 0 Å². The highest BCUT2D eigenvalue weighted by Gasteiger charge is 2.13. The predicted octanol–water partition coefficient (Wildman–Crippen LogP) is 3.80. The number of hydrogen-bond acceptors (Lipinski definition) is 3. The van der Waals surface area contributed by atoms with Gasteiger partial charge in [0, 0.05) is 5.69 Å². The average Bonchev–Trinajstić information content (AvgIpc) is 2.81. The summed E-state index contributed by atoms with van der Waals surface area (Å²) in [4.78, 5) is 12.8. The summed E-state index contributed by atoms with van der Waals surface area (Å²) in [6.45, 7) is 2.02. The third-order valence-corrected chi connectivity index (χ3v) is 3.84. The van der Waals surface area contributed by atoms with E-state index in [2.05, 4.69) is 5.32 Å². The van der Waals surface area contributed by atoms with Crippen molar-refractivity contribution in [1.82, 2.24) is 0 Å². The lowest BCUT2D eigenvalue weighted by Crippen LogP contribution is -2.12. The molecule has 0 unspecified atom stereocenters. The Bertz CT molecular complexity index is 580. The van der Waals surface area contributed by atoms with Crippen molar-refractivity contribution in [2.75, 3.05) is 11.1 Å². The second kappa shape index (κ2) is 5.42. The Morgan fingerprint density at radius 2 is 2.22 bits per heavy atom. The van der Waals surface area contributed by atoms with Gasteiger partial charge in [-0.1, -0.05) is 18.5 Å². The largest absolute Gasteiger partial charge is 0.399 e. The van der Waals surface area contributed by atoms with Crippen molar-refractivity contribution in [3.05, 3.63) is 45.1 Å². The number of halogens is 1. The molecule has 0 atom stereocenters. The van der Waals surface area contributed by atoms with Crippen LogP contribution in [0.5, 0.6) is 0 Å². The molecule has 18 heavy (non-hydrogen) atoms. The van der Waals surface area contributed by atoms with Crippen molar-refractivity contribution in [3.8, 4) is 0 Å². The number of carbonyl (C=O) groups excluding carboxylic acids is 1. The van der Waals surface area contributed by atoms with Crippen LogP contribution in [0.4, 0.5) is 11.4 Å². The van der Waals surface area contributed by atoms with Gasteiger partial charge in [0.2, 0.25) is 0 Å². The van der Waals surface area contributed by atoms with E-state index < -0.39 is 0 Å². The Balaban J connectivity index is 2.21. The molecule has 0 radical (unpaired) electrons. The highest BCUT2D eigenvalue weighted by atomic mass is 35.5. The number of anilines is 2. The quantitative estimate of drug-likeness (QED) is 0.840. The van der Waals surface area contributed by atoms with Gasteiger partial charge >= 0.3 is 0 Å². The highest BCUT2D eigenvalue weighted by Crippen LogP contribution is 2.26. The molecule has 0 bridgehead atoms. The number of aryl methyl sites for hydroxylation is 1. The van der Waals surface area contributed by atoms with E-state index >= 15 is 0 Å².